The second-order valence-corrected chi connectivity index (χ2v) is 6.49. The minimum Gasteiger partial charge on any atom is -0.497 e. The number of rotatable bonds is 6. The molecular formula is C19H18Cl2N4O. The van der Waals surface area contributed by atoms with Crippen molar-refractivity contribution in [2.24, 2.45) is 0 Å². The molecule has 0 aliphatic rings. The van der Waals surface area contributed by atoms with Crippen molar-refractivity contribution in [2.45, 2.75) is 13.5 Å². The standard InChI is InChI=1S/C19H18Cl2N4O/c1-12-9-18(24-14-5-8-16(20)17(21)10-14)25-19(23-12)22-11-13-3-6-15(26-2)7-4-13/h3-10H,11H2,1-2H3,(H2,22,23,24,25). The van der Waals surface area contributed by atoms with Gasteiger partial charge in [0.1, 0.15) is 11.6 Å². The molecule has 0 aliphatic carbocycles. The van der Waals surface area contributed by atoms with Crippen LogP contribution in [0, 0.1) is 6.92 Å². The Kier molecular flexibility index (Phi) is 5.81. The lowest BCUT2D eigenvalue weighted by molar-refractivity contribution is 0.414. The SMILES string of the molecule is COc1ccc(CNc2nc(C)cc(Nc3ccc(Cl)c(Cl)c3)n2)cc1. The Morgan fingerprint density at radius 1 is 0.962 bits per heavy atom. The number of methoxy groups -OCH3 is 1. The van der Waals surface area contributed by atoms with E-state index in [0.29, 0.717) is 28.4 Å². The summed E-state index contributed by atoms with van der Waals surface area (Å²) < 4.78 is 5.16. The number of ether oxygens (including phenoxy) is 1. The highest BCUT2D eigenvalue weighted by Gasteiger charge is 2.05. The van der Waals surface area contributed by atoms with Crippen molar-refractivity contribution in [3.63, 3.8) is 0 Å². The van der Waals surface area contributed by atoms with Crippen molar-refractivity contribution < 1.29 is 4.74 Å². The van der Waals surface area contributed by atoms with Crippen molar-refractivity contribution in [1.82, 2.24) is 9.97 Å². The number of anilines is 3. The summed E-state index contributed by atoms with van der Waals surface area (Å²) in [7, 11) is 1.65. The van der Waals surface area contributed by atoms with E-state index in [1.54, 1.807) is 19.2 Å². The third kappa shape index (κ3) is 4.77. The highest BCUT2D eigenvalue weighted by molar-refractivity contribution is 6.42. The Morgan fingerprint density at radius 2 is 1.73 bits per heavy atom. The zero-order valence-electron chi connectivity index (χ0n) is 14.4. The first-order valence-electron chi connectivity index (χ1n) is 7.98. The minimum absolute atomic E-state index is 0.486. The van der Waals surface area contributed by atoms with Crippen LogP contribution in [0.15, 0.2) is 48.5 Å². The van der Waals surface area contributed by atoms with E-state index < -0.39 is 0 Å². The summed E-state index contributed by atoms with van der Waals surface area (Å²) in [4.78, 5) is 8.92. The number of hydrogen-bond acceptors (Lipinski definition) is 5. The molecule has 5 nitrogen and oxygen atoms in total. The van der Waals surface area contributed by atoms with Gasteiger partial charge in [0.2, 0.25) is 5.95 Å². The van der Waals surface area contributed by atoms with Crippen LogP contribution >= 0.6 is 23.2 Å². The van der Waals surface area contributed by atoms with Gasteiger partial charge < -0.3 is 15.4 Å². The molecule has 2 N–H and O–H groups in total. The van der Waals surface area contributed by atoms with Crippen LogP contribution in [0.5, 0.6) is 5.75 Å². The van der Waals surface area contributed by atoms with Crippen LogP contribution in [0.4, 0.5) is 17.5 Å². The molecule has 0 spiro atoms. The molecule has 7 heteroatoms. The third-order valence-electron chi connectivity index (χ3n) is 3.66. The van der Waals surface area contributed by atoms with Gasteiger partial charge in [-0.25, -0.2) is 4.98 Å². The van der Waals surface area contributed by atoms with Gasteiger partial charge in [0, 0.05) is 24.0 Å². The molecule has 0 saturated carbocycles. The lowest BCUT2D eigenvalue weighted by atomic mass is 10.2. The molecule has 26 heavy (non-hydrogen) atoms. The summed E-state index contributed by atoms with van der Waals surface area (Å²) in [6.45, 7) is 2.53. The zero-order chi connectivity index (χ0) is 18.5. The predicted molar refractivity (Wildman–Crippen MR) is 107 cm³/mol. The summed E-state index contributed by atoms with van der Waals surface area (Å²) in [6, 6.07) is 15.0. The van der Waals surface area contributed by atoms with Crippen molar-refractivity contribution in [1.29, 1.82) is 0 Å². The first kappa shape index (κ1) is 18.3. The van der Waals surface area contributed by atoms with E-state index in [2.05, 4.69) is 20.6 Å². The van der Waals surface area contributed by atoms with Gasteiger partial charge in [-0.3, -0.25) is 0 Å². The molecule has 0 saturated heterocycles. The number of aryl methyl sites for hydroxylation is 1. The molecule has 0 bridgehead atoms. The lowest BCUT2D eigenvalue weighted by Gasteiger charge is -2.11. The molecule has 1 heterocycles. The van der Waals surface area contributed by atoms with Gasteiger partial charge in [0.05, 0.1) is 17.2 Å². The molecule has 0 atom stereocenters. The maximum Gasteiger partial charge on any atom is 0.225 e. The molecule has 134 valence electrons. The number of benzene rings is 2. The number of nitrogens with zero attached hydrogens (tertiary/aromatic N) is 2. The van der Waals surface area contributed by atoms with Crippen LogP contribution in [-0.4, -0.2) is 17.1 Å². The predicted octanol–water partition coefficient (Wildman–Crippen LogP) is 5.46. The second kappa shape index (κ2) is 8.25. The summed E-state index contributed by atoms with van der Waals surface area (Å²) >= 11 is 12.0. The molecule has 0 fully saturated rings. The van der Waals surface area contributed by atoms with E-state index in [1.165, 1.54) is 0 Å². The van der Waals surface area contributed by atoms with Gasteiger partial charge in [0.15, 0.2) is 0 Å². The van der Waals surface area contributed by atoms with E-state index in [9.17, 15) is 0 Å². The Morgan fingerprint density at radius 3 is 2.42 bits per heavy atom. The maximum absolute atomic E-state index is 6.06. The first-order valence-corrected chi connectivity index (χ1v) is 8.73. The van der Waals surface area contributed by atoms with Gasteiger partial charge in [-0.15, -0.1) is 0 Å². The molecule has 1 aromatic heterocycles. The molecule has 3 rings (SSSR count). The summed E-state index contributed by atoms with van der Waals surface area (Å²) in [6.07, 6.45) is 0. The Labute approximate surface area is 162 Å². The van der Waals surface area contributed by atoms with Crippen LogP contribution in [-0.2, 0) is 6.54 Å². The molecule has 0 unspecified atom stereocenters. The summed E-state index contributed by atoms with van der Waals surface area (Å²) in [5.74, 6) is 2.05. The Balaban J connectivity index is 1.71. The number of hydrogen-bond donors (Lipinski definition) is 2. The largest absolute Gasteiger partial charge is 0.497 e. The summed E-state index contributed by atoms with van der Waals surface area (Å²) in [5.41, 5.74) is 2.76. The van der Waals surface area contributed by atoms with E-state index in [1.807, 2.05) is 43.3 Å². The Hall–Kier alpha value is -2.50. The molecular weight excluding hydrogens is 371 g/mol. The summed E-state index contributed by atoms with van der Waals surface area (Å²) in [5, 5.41) is 7.45. The van der Waals surface area contributed by atoms with Gasteiger partial charge in [-0.05, 0) is 42.8 Å². The molecule has 0 amide bonds. The van der Waals surface area contributed by atoms with Gasteiger partial charge in [-0.1, -0.05) is 35.3 Å². The fourth-order valence-corrected chi connectivity index (χ4v) is 2.66. The van der Waals surface area contributed by atoms with Crippen molar-refractivity contribution in [2.75, 3.05) is 17.7 Å². The number of nitrogens with one attached hydrogen (secondary N) is 2. The zero-order valence-corrected chi connectivity index (χ0v) is 15.9. The number of aromatic nitrogens is 2. The highest BCUT2D eigenvalue weighted by atomic mass is 35.5. The first-order chi connectivity index (χ1) is 12.5. The average molecular weight is 389 g/mol. The minimum atomic E-state index is 0.486. The molecule has 3 aromatic rings. The van der Waals surface area contributed by atoms with Crippen LogP contribution in [0.25, 0.3) is 0 Å². The van der Waals surface area contributed by atoms with E-state index >= 15 is 0 Å². The normalized spacial score (nSPS) is 10.5. The van der Waals surface area contributed by atoms with Crippen LogP contribution in [0.3, 0.4) is 0 Å². The van der Waals surface area contributed by atoms with Gasteiger partial charge in [-0.2, -0.15) is 4.98 Å². The molecule has 0 aliphatic heterocycles. The van der Waals surface area contributed by atoms with E-state index in [4.69, 9.17) is 27.9 Å². The van der Waals surface area contributed by atoms with Gasteiger partial charge in [0.25, 0.3) is 0 Å². The quantitative estimate of drug-likeness (QED) is 0.587. The maximum atomic E-state index is 6.06. The molecule has 2 aromatic carbocycles. The lowest BCUT2D eigenvalue weighted by Crippen LogP contribution is -2.06. The van der Waals surface area contributed by atoms with Crippen molar-refractivity contribution in [3.05, 3.63) is 69.8 Å². The second-order valence-electron chi connectivity index (χ2n) is 5.67. The number of halogens is 2. The Bertz CT molecular complexity index is 901. The average Bonchev–Trinajstić information content (AvgIpc) is 2.63. The van der Waals surface area contributed by atoms with Crippen molar-refractivity contribution in [3.8, 4) is 5.75 Å². The van der Waals surface area contributed by atoms with Gasteiger partial charge >= 0.3 is 0 Å². The smallest absolute Gasteiger partial charge is 0.225 e. The topological polar surface area (TPSA) is 59.1 Å². The molecule has 0 radical (unpaired) electrons. The third-order valence-corrected chi connectivity index (χ3v) is 4.39. The van der Waals surface area contributed by atoms with E-state index in [-0.39, 0.29) is 0 Å². The van der Waals surface area contributed by atoms with Crippen LogP contribution in [0.1, 0.15) is 11.3 Å². The van der Waals surface area contributed by atoms with Crippen LogP contribution in [0.2, 0.25) is 10.0 Å². The highest BCUT2D eigenvalue weighted by Crippen LogP contribution is 2.27. The fourth-order valence-electron chi connectivity index (χ4n) is 2.36. The monoisotopic (exact) mass is 388 g/mol. The van der Waals surface area contributed by atoms with Crippen molar-refractivity contribution >= 4 is 40.7 Å². The van der Waals surface area contributed by atoms with E-state index in [0.717, 1.165) is 22.7 Å². The fraction of sp³-hybridized carbons (Fsp3) is 0.158. The van der Waals surface area contributed by atoms with Crippen LogP contribution < -0.4 is 15.4 Å².